The minimum Gasteiger partial charge on any atom is -0.480 e. The van der Waals surface area contributed by atoms with Crippen LogP contribution in [0.25, 0.3) is 0 Å². The van der Waals surface area contributed by atoms with E-state index in [9.17, 15) is 9.59 Å². The van der Waals surface area contributed by atoms with Gasteiger partial charge in [-0.25, -0.2) is 0 Å². The number of hydrogen-bond acceptors (Lipinski definition) is 3. The summed E-state index contributed by atoms with van der Waals surface area (Å²) in [5, 5.41) is 11.8. The molecule has 1 unspecified atom stereocenters. The maximum Gasteiger partial charge on any atom is 0.325 e. The Balaban J connectivity index is 2.20. The number of rotatable bonds is 4. The molecule has 1 fully saturated rings. The third-order valence-corrected chi connectivity index (χ3v) is 3.29. The molecule has 1 heterocycles. The largest absolute Gasteiger partial charge is 0.480 e. The summed E-state index contributed by atoms with van der Waals surface area (Å²) < 4.78 is 0. The predicted molar refractivity (Wildman–Crippen MR) is 72.3 cm³/mol. The molecule has 5 heteroatoms. The van der Waals surface area contributed by atoms with Crippen LogP contribution in [0, 0.1) is 0 Å². The predicted octanol–water partition coefficient (Wildman–Crippen LogP) is 1.81. The van der Waals surface area contributed by atoms with Gasteiger partial charge in [0, 0.05) is 18.8 Å². The fraction of sp³-hybridized carbons (Fsp3) is 0.429. The van der Waals surface area contributed by atoms with Crippen molar-refractivity contribution in [1.29, 1.82) is 0 Å². The average molecular weight is 262 g/mol. The van der Waals surface area contributed by atoms with Crippen LogP contribution in [0.2, 0.25) is 0 Å². The number of nitrogens with one attached hydrogen (secondary N) is 1. The molecule has 0 aliphatic carbocycles. The van der Waals surface area contributed by atoms with Crippen LogP contribution < -0.4 is 5.32 Å². The highest BCUT2D eigenvalue weighted by Gasteiger charge is 2.22. The Hall–Kier alpha value is -2.04. The second kappa shape index (κ2) is 5.73. The molecule has 0 bridgehead atoms. The van der Waals surface area contributed by atoms with Crippen LogP contribution >= 0.6 is 0 Å². The average Bonchev–Trinajstić information content (AvgIpc) is 2.92. The third kappa shape index (κ3) is 3.05. The number of hydrogen-bond donors (Lipinski definition) is 2. The second-order valence-electron chi connectivity index (χ2n) is 4.75. The number of likely N-dealkylation sites (tertiary alicyclic amines) is 1. The van der Waals surface area contributed by atoms with Crippen LogP contribution in [-0.2, 0) is 4.79 Å². The molecule has 1 aliphatic heterocycles. The SMILES string of the molecule is CC(Nc1ccccc1C(=O)N1CCCC1)C(=O)O. The molecule has 2 rings (SSSR count). The highest BCUT2D eigenvalue weighted by Crippen LogP contribution is 2.20. The molecule has 0 spiro atoms. The summed E-state index contributed by atoms with van der Waals surface area (Å²) in [5.41, 5.74) is 1.12. The van der Waals surface area contributed by atoms with Gasteiger partial charge in [-0.2, -0.15) is 0 Å². The number of para-hydroxylation sites is 1. The van der Waals surface area contributed by atoms with Crippen LogP contribution in [0.15, 0.2) is 24.3 Å². The number of carboxylic acid groups (broad SMARTS) is 1. The summed E-state index contributed by atoms with van der Waals surface area (Å²) in [5.74, 6) is -0.971. The summed E-state index contributed by atoms with van der Waals surface area (Å²) in [4.78, 5) is 25.1. The molecule has 1 atom stereocenters. The summed E-state index contributed by atoms with van der Waals surface area (Å²) in [6, 6.07) is 6.32. The first kappa shape index (κ1) is 13.4. The molecule has 2 N–H and O–H groups in total. The summed E-state index contributed by atoms with van der Waals surface area (Å²) >= 11 is 0. The maximum atomic E-state index is 12.4. The van der Waals surface area contributed by atoms with E-state index < -0.39 is 12.0 Å². The second-order valence-corrected chi connectivity index (χ2v) is 4.75. The van der Waals surface area contributed by atoms with Gasteiger partial charge in [-0.05, 0) is 31.9 Å². The minimum atomic E-state index is -0.941. The van der Waals surface area contributed by atoms with Gasteiger partial charge in [0.1, 0.15) is 6.04 Å². The molecule has 1 aliphatic rings. The van der Waals surface area contributed by atoms with E-state index in [4.69, 9.17) is 5.11 Å². The Morgan fingerprint density at radius 3 is 2.53 bits per heavy atom. The molecule has 1 aromatic rings. The number of anilines is 1. The molecule has 1 aromatic carbocycles. The van der Waals surface area contributed by atoms with Crippen LogP contribution in [0.4, 0.5) is 5.69 Å². The molecular weight excluding hydrogens is 244 g/mol. The van der Waals surface area contributed by atoms with Crippen molar-refractivity contribution < 1.29 is 14.7 Å². The van der Waals surface area contributed by atoms with Gasteiger partial charge >= 0.3 is 5.97 Å². The zero-order valence-corrected chi connectivity index (χ0v) is 10.9. The number of nitrogens with zero attached hydrogens (tertiary/aromatic N) is 1. The van der Waals surface area contributed by atoms with Gasteiger partial charge in [0.05, 0.1) is 5.56 Å². The van der Waals surface area contributed by atoms with Gasteiger partial charge in [-0.3, -0.25) is 9.59 Å². The first-order chi connectivity index (χ1) is 9.09. The van der Waals surface area contributed by atoms with E-state index in [0.717, 1.165) is 25.9 Å². The van der Waals surface area contributed by atoms with Crippen molar-refractivity contribution in [1.82, 2.24) is 4.90 Å². The Morgan fingerprint density at radius 1 is 1.26 bits per heavy atom. The first-order valence-electron chi connectivity index (χ1n) is 6.47. The van der Waals surface area contributed by atoms with E-state index in [0.29, 0.717) is 11.3 Å². The van der Waals surface area contributed by atoms with Gasteiger partial charge in [0.2, 0.25) is 0 Å². The lowest BCUT2D eigenvalue weighted by Gasteiger charge is -2.19. The molecule has 5 nitrogen and oxygen atoms in total. The molecular formula is C14H18N2O3. The van der Waals surface area contributed by atoms with Crippen LogP contribution in [0.1, 0.15) is 30.1 Å². The number of amides is 1. The zero-order chi connectivity index (χ0) is 13.8. The Labute approximate surface area is 112 Å². The number of benzene rings is 1. The van der Waals surface area contributed by atoms with Crippen molar-refractivity contribution in [2.45, 2.75) is 25.8 Å². The Morgan fingerprint density at radius 2 is 1.89 bits per heavy atom. The van der Waals surface area contributed by atoms with Gasteiger partial charge in [0.25, 0.3) is 5.91 Å². The van der Waals surface area contributed by atoms with Crippen LogP contribution in [0.5, 0.6) is 0 Å². The molecule has 0 saturated carbocycles. The van der Waals surface area contributed by atoms with E-state index in [-0.39, 0.29) is 5.91 Å². The molecule has 0 aromatic heterocycles. The molecule has 19 heavy (non-hydrogen) atoms. The lowest BCUT2D eigenvalue weighted by Crippen LogP contribution is -2.30. The van der Waals surface area contributed by atoms with E-state index in [1.165, 1.54) is 0 Å². The minimum absolute atomic E-state index is 0.0295. The quantitative estimate of drug-likeness (QED) is 0.868. The van der Waals surface area contributed by atoms with Crippen molar-refractivity contribution in [3.63, 3.8) is 0 Å². The number of aliphatic carboxylic acids is 1. The van der Waals surface area contributed by atoms with Crippen LogP contribution in [0.3, 0.4) is 0 Å². The highest BCUT2D eigenvalue weighted by molar-refractivity contribution is 6.00. The summed E-state index contributed by atoms with van der Waals surface area (Å²) in [7, 11) is 0. The summed E-state index contributed by atoms with van der Waals surface area (Å²) in [6.45, 7) is 3.11. The van der Waals surface area contributed by atoms with E-state index in [2.05, 4.69) is 5.32 Å². The normalized spacial score (nSPS) is 16.2. The fourth-order valence-corrected chi connectivity index (χ4v) is 2.18. The van der Waals surface area contributed by atoms with E-state index in [1.54, 1.807) is 31.2 Å². The Kier molecular flexibility index (Phi) is 4.04. The monoisotopic (exact) mass is 262 g/mol. The molecule has 1 amide bonds. The maximum absolute atomic E-state index is 12.4. The first-order valence-corrected chi connectivity index (χ1v) is 6.47. The number of carbonyl (C=O) groups is 2. The van der Waals surface area contributed by atoms with Gasteiger partial charge in [-0.15, -0.1) is 0 Å². The van der Waals surface area contributed by atoms with Gasteiger partial charge in [0.15, 0.2) is 0 Å². The van der Waals surface area contributed by atoms with Crippen molar-refractivity contribution in [2.24, 2.45) is 0 Å². The van der Waals surface area contributed by atoms with Crippen molar-refractivity contribution in [2.75, 3.05) is 18.4 Å². The molecule has 102 valence electrons. The Bertz CT molecular complexity index is 481. The zero-order valence-electron chi connectivity index (χ0n) is 10.9. The van der Waals surface area contributed by atoms with Crippen molar-refractivity contribution in [3.05, 3.63) is 29.8 Å². The van der Waals surface area contributed by atoms with E-state index in [1.807, 2.05) is 4.90 Å². The summed E-state index contributed by atoms with van der Waals surface area (Å²) in [6.07, 6.45) is 2.07. The van der Waals surface area contributed by atoms with Crippen molar-refractivity contribution >= 4 is 17.6 Å². The standard InChI is InChI=1S/C14H18N2O3/c1-10(14(18)19)15-12-7-3-2-6-11(12)13(17)16-8-4-5-9-16/h2-3,6-7,10,15H,4-5,8-9H2,1H3,(H,18,19). The van der Waals surface area contributed by atoms with E-state index >= 15 is 0 Å². The highest BCUT2D eigenvalue weighted by atomic mass is 16.4. The number of carbonyl (C=O) groups excluding carboxylic acids is 1. The fourth-order valence-electron chi connectivity index (χ4n) is 2.18. The van der Waals surface area contributed by atoms with Gasteiger partial charge < -0.3 is 15.3 Å². The topological polar surface area (TPSA) is 69.6 Å². The van der Waals surface area contributed by atoms with Crippen LogP contribution in [-0.4, -0.2) is 41.0 Å². The van der Waals surface area contributed by atoms with Gasteiger partial charge in [-0.1, -0.05) is 12.1 Å². The molecule has 0 radical (unpaired) electrons. The smallest absolute Gasteiger partial charge is 0.325 e. The van der Waals surface area contributed by atoms with Crippen molar-refractivity contribution in [3.8, 4) is 0 Å². The lowest BCUT2D eigenvalue weighted by molar-refractivity contribution is -0.137. The molecule has 1 saturated heterocycles. The number of carboxylic acids is 1. The third-order valence-electron chi connectivity index (χ3n) is 3.29. The lowest BCUT2D eigenvalue weighted by atomic mass is 10.1.